The molecule has 0 spiro atoms. The first-order chi connectivity index (χ1) is 7.42. The molecule has 0 saturated carbocycles. The number of benzene rings is 1. The zero-order valence-corrected chi connectivity index (χ0v) is 10.5. The highest BCUT2D eigenvalue weighted by Gasteiger charge is 2.17. The number of nitrogen functional groups attached to an aromatic ring is 1. The molecule has 0 radical (unpaired) electrons. The Hall–Kier alpha value is -0.980. The normalized spacial score (nSPS) is 11.4. The van der Waals surface area contributed by atoms with Crippen molar-refractivity contribution in [3.05, 3.63) is 17.2 Å². The molecular formula is C9H13ClN2O3S. The molecule has 1 aromatic carbocycles. The van der Waals surface area contributed by atoms with Crippen LogP contribution >= 0.6 is 11.6 Å². The van der Waals surface area contributed by atoms with Gasteiger partial charge in [0.25, 0.3) is 0 Å². The number of methoxy groups -OCH3 is 1. The lowest BCUT2D eigenvalue weighted by atomic mass is 10.3. The molecule has 3 N–H and O–H groups in total. The van der Waals surface area contributed by atoms with Gasteiger partial charge in [-0.2, -0.15) is 0 Å². The fourth-order valence-corrected chi connectivity index (χ4v) is 2.70. The lowest BCUT2D eigenvalue weighted by molar-refractivity contribution is 0.417. The summed E-state index contributed by atoms with van der Waals surface area (Å²) in [6.07, 6.45) is 0. The third-order valence-corrected chi connectivity index (χ3v) is 3.70. The monoisotopic (exact) mass is 264 g/mol. The number of rotatable bonds is 4. The van der Waals surface area contributed by atoms with Crippen molar-refractivity contribution in [3.63, 3.8) is 0 Å². The zero-order chi connectivity index (χ0) is 12.3. The highest BCUT2D eigenvalue weighted by Crippen LogP contribution is 2.33. The van der Waals surface area contributed by atoms with Gasteiger partial charge in [-0.1, -0.05) is 18.5 Å². The number of halogens is 1. The van der Waals surface area contributed by atoms with Crippen LogP contribution in [0.1, 0.15) is 6.92 Å². The minimum absolute atomic E-state index is 0.0256. The predicted molar refractivity (Wildman–Crippen MR) is 63.3 cm³/mol. The van der Waals surface area contributed by atoms with Gasteiger partial charge < -0.3 is 10.5 Å². The molecule has 0 heterocycles. The molecule has 0 fully saturated rings. The van der Waals surface area contributed by atoms with E-state index in [1.54, 1.807) is 6.92 Å². The standard InChI is InChI=1S/C9H13ClN2O3S/c1-3-12-16(13,14)6-4-7(10)9(15-2)8(11)5-6/h4-5,12H,3,11H2,1-2H3. The molecule has 0 amide bonds. The Labute approximate surface area is 99.6 Å². The minimum atomic E-state index is -3.55. The summed E-state index contributed by atoms with van der Waals surface area (Å²) in [5.74, 6) is 0.275. The summed E-state index contributed by atoms with van der Waals surface area (Å²) in [7, 11) is -2.14. The molecule has 0 aliphatic carbocycles. The lowest BCUT2D eigenvalue weighted by Gasteiger charge is -2.10. The van der Waals surface area contributed by atoms with E-state index < -0.39 is 10.0 Å². The smallest absolute Gasteiger partial charge is 0.240 e. The third kappa shape index (κ3) is 2.58. The Balaban J connectivity index is 3.29. The third-order valence-electron chi connectivity index (χ3n) is 1.89. The number of hydrogen-bond donors (Lipinski definition) is 2. The van der Waals surface area contributed by atoms with Crippen LogP contribution in [0, 0.1) is 0 Å². The fourth-order valence-electron chi connectivity index (χ4n) is 1.23. The molecule has 1 rings (SSSR count). The molecule has 16 heavy (non-hydrogen) atoms. The van der Waals surface area contributed by atoms with Gasteiger partial charge in [0, 0.05) is 6.54 Å². The van der Waals surface area contributed by atoms with Gasteiger partial charge in [-0.05, 0) is 12.1 Å². The van der Waals surface area contributed by atoms with Crippen molar-refractivity contribution in [1.82, 2.24) is 4.72 Å². The minimum Gasteiger partial charge on any atom is -0.493 e. The quantitative estimate of drug-likeness (QED) is 0.802. The van der Waals surface area contributed by atoms with E-state index in [2.05, 4.69) is 4.72 Å². The second-order valence-electron chi connectivity index (χ2n) is 3.03. The van der Waals surface area contributed by atoms with Crippen LogP contribution in [0.15, 0.2) is 17.0 Å². The molecule has 0 aliphatic heterocycles. The van der Waals surface area contributed by atoms with E-state index in [1.165, 1.54) is 19.2 Å². The van der Waals surface area contributed by atoms with Crippen LogP contribution in [0.2, 0.25) is 5.02 Å². The van der Waals surface area contributed by atoms with Crippen molar-refractivity contribution in [1.29, 1.82) is 0 Å². The number of anilines is 1. The van der Waals surface area contributed by atoms with Gasteiger partial charge in [-0.3, -0.25) is 0 Å². The van der Waals surface area contributed by atoms with Crippen LogP contribution < -0.4 is 15.2 Å². The molecule has 0 atom stereocenters. The maximum Gasteiger partial charge on any atom is 0.240 e. The Kier molecular flexibility index (Phi) is 4.01. The maximum absolute atomic E-state index is 11.7. The molecule has 0 unspecified atom stereocenters. The molecule has 0 bridgehead atoms. The van der Waals surface area contributed by atoms with Crippen LogP contribution in [-0.2, 0) is 10.0 Å². The topological polar surface area (TPSA) is 81.4 Å². The summed E-state index contributed by atoms with van der Waals surface area (Å²) in [4.78, 5) is 0.0256. The second kappa shape index (κ2) is 4.90. The van der Waals surface area contributed by atoms with E-state index in [9.17, 15) is 8.42 Å². The molecular weight excluding hydrogens is 252 g/mol. The highest BCUT2D eigenvalue weighted by atomic mass is 35.5. The lowest BCUT2D eigenvalue weighted by Crippen LogP contribution is -2.23. The fraction of sp³-hybridized carbons (Fsp3) is 0.333. The molecule has 7 heteroatoms. The summed E-state index contributed by atoms with van der Waals surface area (Å²) in [5, 5.41) is 0.166. The first kappa shape index (κ1) is 13.1. The first-order valence-electron chi connectivity index (χ1n) is 4.55. The van der Waals surface area contributed by atoms with Crippen LogP contribution in [0.3, 0.4) is 0 Å². The zero-order valence-electron chi connectivity index (χ0n) is 8.95. The van der Waals surface area contributed by atoms with Crippen molar-refractivity contribution in [2.24, 2.45) is 0 Å². The van der Waals surface area contributed by atoms with Gasteiger partial charge >= 0.3 is 0 Å². The van der Waals surface area contributed by atoms with Gasteiger partial charge in [-0.25, -0.2) is 13.1 Å². The summed E-state index contributed by atoms with van der Waals surface area (Å²) in [5.41, 5.74) is 5.81. The van der Waals surface area contributed by atoms with E-state index in [0.29, 0.717) is 6.54 Å². The number of nitrogens with two attached hydrogens (primary N) is 1. The van der Waals surface area contributed by atoms with Gasteiger partial charge in [0.2, 0.25) is 10.0 Å². The summed E-state index contributed by atoms with van der Waals surface area (Å²) in [6, 6.07) is 2.61. The summed E-state index contributed by atoms with van der Waals surface area (Å²) < 4.78 is 30.6. The van der Waals surface area contributed by atoms with Gasteiger partial charge in [0.15, 0.2) is 5.75 Å². The summed E-state index contributed by atoms with van der Waals surface area (Å²) in [6.45, 7) is 1.98. The first-order valence-corrected chi connectivity index (χ1v) is 6.41. The van der Waals surface area contributed by atoms with Crippen LogP contribution in [0.5, 0.6) is 5.75 Å². The van der Waals surface area contributed by atoms with Gasteiger partial charge in [0.1, 0.15) is 0 Å². The van der Waals surface area contributed by atoms with Crippen molar-refractivity contribution in [3.8, 4) is 5.75 Å². The Morgan fingerprint density at radius 3 is 2.56 bits per heavy atom. The molecule has 0 saturated heterocycles. The predicted octanol–water partition coefficient (Wildman–Crippen LogP) is 1.23. The van der Waals surface area contributed by atoms with E-state index >= 15 is 0 Å². The highest BCUT2D eigenvalue weighted by molar-refractivity contribution is 7.89. The molecule has 1 aromatic rings. The van der Waals surface area contributed by atoms with Gasteiger partial charge in [-0.15, -0.1) is 0 Å². The van der Waals surface area contributed by atoms with Crippen LogP contribution in [0.4, 0.5) is 5.69 Å². The number of nitrogens with one attached hydrogen (secondary N) is 1. The molecule has 0 aliphatic rings. The van der Waals surface area contributed by atoms with E-state index in [0.717, 1.165) is 0 Å². The summed E-state index contributed by atoms with van der Waals surface area (Å²) >= 11 is 5.84. The number of ether oxygens (including phenoxy) is 1. The molecule has 0 aromatic heterocycles. The SMILES string of the molecule is CCNS(=O)(=O)c1cc(N)c(OC)c(Cl)c1. The maximum atomic E-state index is 11.7. The second-order valence-corrected chi connectivity index (χ2v) is 5.20. The van der Waals surface area contributed by atoms with Crippen molar-refractivity contribution in [2.75, 3.05) is 19.4 Å². The Morgan fingerprint density at radius 1 is 1.50 bits per heavy atom. The van der Waals surface area contributed by atoms with E-state index in [4.69, 9.17) is 22.1 Å². The number of sulfonamides is 1. The largest absolute Gasteiger partial charge is 0.493 e. The van der Waals surface area contributed by atoms with Gasteiger partial charge in [0.05, 0.1) is 22.7 Å². The van der Waals surface area contributed by atoms with E-state index in [1.807, 2.05) is 0 Å². The van der Waals surface area contributed by atoms with Crippen LogP contribution in [0.25, 0.3) is 0 Å². The number of hydrogen-bond acceptors (Lipinski definition) is 4. The Morgan fingerprint density at radius 2 is 2.12 bits per heavy atom. The van der Waals surface area contributed by atoms with E-state index in [-0.39, 0.29) is 21.4 Å². The van der Waals surface area contributed by atoms with Crippen molar-refractivity contribution >= 4 is 27.3 Å². The average Bonchev–Trinajstić information content (AvgIpc) is 2.17. The molecule has 90 valence electrons. The average molecular weight is 265 g/mol. The van der Waals surface area contributed by atoms with Crippen molar-refractivity contribution in [2.45, 2.75) is 11.8 Å². The Bertz CT molecular complexity index is 465. The molecule has 5 nitrogen and oxygen atoms in total. The van der Waals surface area contributed by atoms with Crippen molar-refractivity contribution < 1.29 is 13.2 Å². The van der Waals surface area contributed by atoms with Crippen LogP contribution in [-0.4, -0.2) is 22.1 Å².